The highest BCUT2D eigenvalue weighted by Crippen LogP contribution is 2.32. The summed E-state index contributed by atoms with van der Waals surface area (Å²) in [6, 6.07) is 7.29. The van der Waals surface area contributed by atoms with Crippen molar-refractivity contribution in [1.29, 1.82) is 0 Å². The van der Waals surface area contributed by atoms with Crippen molar-refractivity contribution < 1.29 is 13.9 Å². The minimum absolute atomic E-state index is 0.193. The highest BCUT2D eigenvalue weighted by Gasteiger charge is 2.27. The molecular formula is C21H22F2N4O. The molecule has 28 heavy (non-hydrogen) atoms. The van der Waals surface area contributed by atoms with Gasteiger partial charge in [0.15, 0.2) is 0 Å². The standard InChI is InChI=1S/C21H22F2N4O/c22-17-3-4-18(19(23)10-17)20-16(12-25-26-20)13-27-8-5-14(6-9-27)21(28)15-2-1-7-24-11-15/h1-4,7,10-12,14,21,28H,5-6,8-9,13H2,(H,25,26). The predicted molar refractivity (Wildman–Crippen MR) is 101 cm³/mol. The van der Waals surface area contributed by atoms with E-state index in [9.17, 15) is 13.9 Å². The molecule has 0 amide bonds. The van der Waals surface area contributed by atoms with E-state index in [4.69, 9.17) is 0 Å². The van der Waals surface area contributed by atoms with Crippen LogP contribution in [0.25, 0.3) is 11.3 Å². The van der Waals surface area contributed by atoms with E-state index in [2.05, 4.69) is 20.1 Å². The van der Waals surface area contributed by atoms with Gasteiger partial charge in [-0.3, -0.25) is 15.0 Å². The SMILES string of the molecule is OC(c1cccnc1)C1CCN(Cc2cn[nH]c2-c2ccc(F)cc2F)CC1. The molecule has 1 atom stereocenters. The van der Waals surface area contributed by atoms with Gasteiger partial charge in [0.1, 0.15) is 11.6 Å². The average molecular weight is 384 g/mol. The summed E-state index contributed by atoms with van der Waals surface area (Å²) < 4.78 is 27.3. The zero-order valence-electron chi connectivity index (χ0n) is 15.4. The van der Waals surface area contributed by atoms with Gasteiger partial charge >= 0.3 is 0 Å². The molecule has 2 N–H and O–H groups in total. The maximum absolute atomic E-state index is 14.1. The molecule has 1 fully saturated rings. The number of aliphatic hydroxyl groups is 1. The second-order valence-electron chi connectivity index (χ2n) is 7.24. The Labute approximate surface area is 162 Å². The Balaban J connectivity index is 1.40. The Kier molecular flexibility index (Phi) is 5.45. The summed E-state index contributed by atoms with van der Waals surface area (Å²) in [5.74, 6) is -1.01. The number of aromatic amines is 1. The van der Waals surface area contributed by atoms with Gasteiger partial charge in [-0.1, -0.05) is 6.07 Å². The van der Waals surface area contributed by atoms with Crippen molar-refractivity contribution >= 4 is 0 Å². The van der Waals surface area contributed by atoms with Crippen molar-refractivity contribution in [2.45, 2.75) is 25.5 Å². The van der Waals surface area contributed by atoms with Crippen LogP contribution in [0.15, 0.2) is 48.9 Å². The lowest BCUT2D eigenvalue weighted by atomic mass is 9.88. The second-order valence-corrected chi connectivity index (χ2v) is 7.24. The van der Waals surface area contributed by atoms with Gasteiger partial charge in [-0.25, -0.2) is 8.78 Å². The zero-order chi connectivity index (χ0) is 19.5. The molecule has 1 aromatic carbocycles. The monoisotopic (exact) mass is 384 g/mol. The van der Waals surface area contributed by atoms with Crippen LogP contribution in [0, 0.1) is 17.6 Å². The van der Waals surface area contributed by atoms with Crippen LogP contribution in [-0.2, 0) is 6.54 Å². The minimum Gasteiger partial charge on any atom is -0.388 e. The van der Waals surface area contributed by atoms with Gasteiger partial charge in [-0.15, -0.1) is 0 Å². The molecule has 1 aliphatic rings. The van der Waals surface area contributed by atoms with Crippen molar-refractivity contribution in [3.8, 4) is 11.3 Å². The molecule has 0 bridgehead atoms. The van der Waals surface area contributed by atoms with E-state index in [0.29, 0.717) is 17.8 Å². The van der Waals surface area contributed by atoms with Crippen LogP contribution in [0.1, 0.15) is 30.1 Å². The second kappa shape index (κ2) is 8.16. The average Bonchev–Trinajstić information content (AvgIpc) is 3.16. The van der Waals surface area contributed by atoms with Gasteiger partial charge in [0.05, 0.1) is 18.0 Å². The Morgan fingerprint density at radius 2 is 2.00 bits per heavy atom. The van der Waals surface area contributed by atoms with Crippen LogP contribution in [0.3, 0.4) is 0 Å². The summed E-state index contributed by atoms with van der Waals surface area (Å²) in [6.45, 7) is 2.29. The van der Waals surface area contributed by atoms with Crippen molar-refractivity contribution in [3.63, 3.8) is 0 Å². The van der Waals surface area contributed by atoms with Crippen molar-refractivity contribution in [2.24, 2.45) is 5.92 Å². The molecule has 1 saturated heterocycles. The van der Waals surface area contributed by atoms with Gasteiger partial charge in [0, 0.05) is 36.1 Å². The molecule has 3 heterocycles. The number of nitrogens with zero attached hydrogens (tertiary/aromatic N) is 3. The Morgan fingerprint density at radius 1 is 1.18 bits per heavy atom. The van der Waals surface area contributed by atoms with Gasteiger partial charge in [0.2, 0.25) is 0 Å². The summed E-state index contributed by atoms with van der Waals surface area (Å²) in [6.07, 6.45) is 6.34. The first kappa shape index (κ1) is 18.7. The normalized spacial score (nSPS) is 17.0. The summed E-state index contributed by atoms with van der Waals surface area (Å²) in [5.41, 5.74) is 2.62. The fourth-order valence-corrected chi connectivity index (χ4v) is 3.85. The highest BCUT2D eigenvalue weighted by atomic mass is 19.1. The lowest BCUT2D eigenvalue weighted by Gasteiger charge is -2.34. The number of nitrogens with one attached hydrogen (secondary N) is 1. The summed E-state index contributed by atoms with van der Waals surface area (Å²) >= 11 is 0. The van der Waals surface area contributed by atoms with Crippen LogP contribution in [0.5, 0.6) is 0 Å². The maximum Gasteiger partial charge on any atom is 0.135 e. The molecule has 0 aliphatic carbocycles. The lowest BCUT2D eigenvalue weighted by Crippen LogP contribution is -2.35. The number of hydrogen-bond donors (Lipinski definition) is 2. The molecule has 2 aromatic heterocycles. The van der Waals surface area contributed by atoms with Gasteiger partial charge in [-0.05, 0) is 55.6 Å². The number of benzene rings is 1. The van der Waals surface area contributed by atoms with E-state index in [1.165, 1.54) is 12.1 Å². The highest BCUT2D eigenvalue weighted by molar-refractivity contribution is 5.63. The van der Waals surface area contributed by atoms with Crippen molar-refractivity contribution in [3.05, 3.63) is 71.7 Å². The fourth-order valence-electron chi connectivity index (χ4n) is 3.85. The fraction of sp³-hybridized carbons (Fsp3) is 0.333. The Hall–Kier alpha value is -2.64. The molecule has 0 saturated carbocycles. The van der Waals surface area contributed by atoms with Crippen LogP contribution < -0.4 is 0 Å². The first-order chi connectivity index (χ1) is 13.6. The summed E-state index contributed by atoms with van der Waals surface area (Å²) in [4.78, 5) is 6.35. The van der Waals surface area contributed by atoms with Crippen molar-refractivity contribution in [1.82, 2.24) is 20.1 Å². The number of likely N-dealkylation sites (tertiary alicyclic amines) is 1. The number of halogens is 2. The number of pyridine rings is 1. The minimum atomic E-state index is -0.608. The maximum atomic E-state index is 14.1. The van der Waals surface area contributed by atoms with Crippen molar-refractivity contribution in [2.75, 3.05) is 13.1 Å². The van der Waals surface area contributed by atoms with Crippen LogP contribution in [-0.4, -0.2) is 38.3 Å². The molecule has 0 spiro atoms. The molecule has 146 valence electrons. The van der Waals surface area contributed by atoms with Gasteiger partial charge in [0.25, 0.3) is 0 Å². The zero-order valence-corrected chi connectivity index (χ0v) is 15.4. The first-order valence-electron chi connectivity index (χ1n) is 9.40. The number of hydrogen-bond acceptors (Lipinski definition) is 4. The smallest absolute Gasteiger partial charge is 0.135 e. The van der Waals surface area contributed by atoms with E-state index in [1.54, 1.807) is 18.6 Å². The third-order valence-electron chi connectivity index (χ3n) is 5.42. The molecule has 5 nitrogen and oxygen atoms in total. The number of aromatic nitrogens is 3. The molecular weight excluding hydrogens is 362 g/mol. The van der Waals surface area contributed by atoms with E-state index in [1.807, 2.05) is 12.1 Å². The summed E-state index contributed by atoms with van der Waals surface area (Å²) in [7, 11) is 0. The summed E-state index contributed by atoms with van der Waals surface area (Å²) in [5, 5.41) is 17.5. The molecule has 1 aliphatic heterocycles. The van der Waals surface area contributed by atoms with Gasteiger partial charge in [-0.2, -0.15) is 5.10 Å². The van der Waals surface area contributed by atoms with E-state index in [-0.39, 0.29) is 5.92 Å². The van der Waals surface area contributed by atoms with Gasteiger partial charge < -0.3 is 5.11 Å². The number of piperidine rings is 1. The third-order valence-corrected chi connectivity index (χ3v) is 5.42. The Bertz CT molecular complexity index is 923. The molecule has 4 rings (SSSR count). The van der Waals surface area contributed by atoms with Crippen LogP contribution >= 0.6 is 0 Å². The lowest BCUT2D eigenvalue weighted by molar-refractivity contribution is 0.0566. The molecule has 3 aromatic rings. The Morgan fingerprint density at radius 3 is 2.71 bits per heavy atom. The number of H-pyrrole nitrogens is 1. The molecule has 1 unspecified atom stereocenters. The van der Waals surface area contributed by atoms with Crippen LogP contribution in [0.2, 0.25) is 0 Å². The van der Waals surface area contributed by atoms with Crippen LogP contribution in [0.4, 0.5) is 8.78 Å². The quantitative estimate of drug-likeness (QED) is 0.704. The molecule has 7 heteroatoms. The van der Waals surface area contributed by atoms with E-state index >= 15 is 0 Å². The topological polar surface area (TPSA) is 65.0 Å². The van der Waals surface area contributed by atoms with E-state index < -0.39 is 17.7 Å². The molecule has 0 radical (unpaired) electrons. The predicted octanol–water partition coefficient (Wildman–Crippen LogP) is 3.70. The number of rotatable bonds is 5. The largest absolute Gasteiger partial charge is 0.388 e. The number of aliphatic hydroxyl groups excluding tert-OH is 1. The van der Waals surface area contributed by atoms with E-state index in [0.717, 1.165) is 43.1 Å². The first-order valence-corrected chi connectivity index (χ1v) is 9.40. The third kappa shape index (κ3) is 3.95.